The third-order valence-electron chi connectivity index (χ3n) is 6.83. The van der Waals surface area contributed by atoms with E-state index in [4.69, 9.17) is 21.1 Å². The molecular weight excluding hydrogens is 475 g/mol. The summed E-state index contributed by atoms with van der Waals surface area (Å²) in [5, 5.41) is 13.2. The molecule has 0 radical (unpaired) electrons. The first kappa shape index (κ1) is 23.0. The molecule has 1 amide bonds. The minimum Gasteiger partial charge on any atom is -0.484 e. The van der Waals surface area contributed by atoms with Crippen LogP contribution in [-0.2, 0) is 9.59 Å². The summed E-state index contributed by atoms with van der Waals surface area (Å²) in [5.41, 5.74) is -0.502. The molecule has 0 saturated heterocycles. The Bertz CT molecular complexity index is 1170. The van der Waals surface area contributed by atoms with Crippen LogP contribution in [0.4, 0.5) is 13.2 Å². The minimum absolute atomic E-state index is 0.0297. The Morgan fingerprint density at radius 2 is 1.82 bits per heavy atom. The van der Waals surface area contributed by atoms with Crippen LogP contribution < -0.4 is 14.8 Å². The molecule has 0 unspecified atom stereocenters. The number of hydrogen-bond donors (Lipinski definition) is 2. The largest absolute Gasteiger partial charge is 0.484 e. The molecule has 1 aliphatic heterocycles. The molecular formula is C24H21ClF3NO5. The van der Waals surface area contributed by atoms with Crippen LogP contribution in [0.15, 0.2) is 30.3 Å². The quantitative estimate of drug-likeness (QED) is 0.606. The van der Waals surface area contributed by atoms with Crippen molar-refractivity contribution in [2.24, 2.45) is 5.41 Å². The van der Waals surface area contributed by atoms with Gasteiger partial charge in [-0.3, -0.25) is 9.59 Å². The van der Waals surface area contributed by atoms with Gasteiger partial charge in [0.2, 0.25) is 0 Å². The number of fused-ring (bicyclic) bond motifs is 1. The van der Waals surface area contributed by atoms with Gasteiger partial charge in [0.05, 0.1) is 11.1 Å². The van der Waals surface area contributed by atoms with E-state index in [2.05, 4.69) is 5.32 Å². The summed E-state index contributed by atoms with van der Waals surface area (Å²) in [6.07, 6.45) is -0.0179. The maximum Gasteiger partial charge on any atom is 0.258 e. The van der Waals surface area contributed by atoms with Gasteiger partial charge in [0, 0.05) is 36.1 Å². The van der Waals surface area contributed by atoms with Gasteiger partial charge in [-0.05, 0) is 42.9 Å². The maximum absolute atomic E-state index is 13.5. The van der Waals surface area contributed by atoms with E-state index in [9.17, 15) is 27.9 Å². The minimum atomic E-state index is -1.12. The van der Waals surface area contributed by atoms with Gasteiger partial charge in [-0.25, -0.2) is 13.2 Å². The van der Waals surface area contributed by atoms with E-state index in [-0.39, 0.29) is 64.2 Å². The third-order valence-corrected chi connectivity index (χ3v) is 7.14. The number of carbonyl (C=O) groups excluding carboxylic acids is 2. The zero-order chi connectivity index (χ0) is 24.3. The van der Waals surface area contributed by atoms with Crippen molar-refractivity contribution in [3.8, 4) is 11.5 Å². The average Bonchev–Trinajstić information content (AvgIpc) is 2.73. The van der Waals surface area contributed by atoms with Crippen LogP contribution in [0.5, 0.6) is 11.5 Å². The van der Waals surface area contributed by atoms with E-state index in [0.717, 1.165) is 18.2 Å². The van der Waals surface area contributed by atoms with Gasteiger partial charge < -0.3 is 19.9 Å². The molecule has 6 rings (SSSR count). The highest BCUT2D eigenvalue weighted by Crippen LogP contribution is 2.69. The number of aliphatic hydroxyl groups excluding tert-OH is 1. The number of Topliss-reactive ketones (excluding diaryl/α,β-unsaturated/α-hetero) is 1. The molecule has 2 atom stereocenters. The lowest BCUT2D eigenvalue weighted by molar-refractivity contribution is -0.175. The van der Waals surface area contributed by atoms with Crippen LogP contribution in [0.1, 0.15) is 43.8 Å². The second-order valence-corrected chi connectivity index (χ2v) is 9.94. The highest BCUT2D eigenvalue weighted by atomic mass is 35.5. The highest BCUT2D eigenvalue weighted by Gasteiger charge is 2.68. The van der Waals surface area contributed by atoms with Gasteiger partial charge in [-0.1, -0.05) is 11.6 Å². The van der Waals surface area contributed by atoms with Crippen molar-refractivity contribution in [2.75, 3.05) is 6.61 Å². The first-order valence-electron chi connectivity index (χ1n) is 10.8. The predicted octanol–water partition coefficient (Wildman–Crippen LogP) is 4.02. The van der Waals surface area contributed by atoms with Crippen molar-refractivity contribution in [2.45, 2.75) is 49.9 Å². The summed E-state index contributed by atoms with van der Waals surface area (Å²) < 4.78 is 51.3. The molecule has 6 nitrogen and oxygen atoms in total. The normalized spacial score (nSPS) is 28.6. The number of rotatable bonds is 7. The topological polar surface area (TPSA) is 84.9 Å². The molecule has 0 spiro atoms. The van der Waals surface area contributed by atoms with Crippen molar-refractivity contribution in [3.63, 3.8) is 0 Å². The van der Waals surface area contributed by atoms with Crippen LogP contribution in [0.3, 0.4) is 0 Å². The van der Waals surface area contributed by atoms with Crippen molar-refractivity contribution < 1.29 is 37.3 Å². The third kappa shape index (κ3) is 4.11. The van der Waals surface area contributed by atoms with Crippen LogP contribution in [0.25, 0.3) is 0 Å². The molecule has 34 heavy (non-hydrogen) atoms. The Balaban J connectivity index is 1.11. The van der Waals surface area contributed by atoms with E-state index in [0.29, 0.717) is 19.3 Å². The Morgan fingerprint density at radius 3 is 2.53 bits per heavy atom. The Kier molecular flexibility index (Phi) is 5.52. The molecule has 2 bridgehead atoms. The van der Waals surface area contributed by atoms with Crippen molar-refractivity contribution in [1.29, 1.82) is 0 Å². The van der Waals surface area contributed by atoms with Gasteiger partial charge in [-0.2, -0.15) is 0 Å². The second kappa shape index (κ2) is 8.16. The first-order chi connectivity index (χ1) is 16.1. The fraction of sp³-hybridized carbons (Fsp3) is 0.417. The van der Waals surface area contributed by atoms with Crippen LogP contribution in [0.2, 0.25) is 5.02 Å². The Morgan fingerprint density at radius 1 is 1.12 bits per heavy atom. The SMILES string of the molecule is O=C(COc1ccc(Cl)c(F)c1)NC12CC(CC(=O)[C@H]3C[C@@H](O)c4cc(F)c(F)cc4O3)(C1)C2. The summed E-state index contributed by atoms with van der Waals surface area (Å²) in [6.45, 7) is -0.279. The monoisotopic (exact) mass is 495 g/mol. The molecule has 3 fully saturated rings. The van der Waals surface area contributed by atoms with E-state index in [1.165, 1.54) is 12.1 Å². The van der Waals surface area contributed by atoms with Gasteiger partial charge in [0.1, 0.15) is 17.3 Å². The number of amides is 1. The van der Waals surface area contributed by atoms with E-state index >= 15 is 0 Å². The lowest BCUT2D eigenvalue weighted by Gasteiger charge is -2.70. The molecule has 2 aromatic carbocycles. The number of ether oxygens (including phenoxy) is 2. The number of nitrogens with one attached hydrogen (secondary N) is 1. The summed E-state index contributed by atoms with van der Waals surface area (Å²) in [5.74, 6) is -3.24. The number of carbonyl (C=O) groups is 2. The highest BCUT2D eigenvalue weighted by molar-refractivity contribution is 6.30. The molecule has 180 valence electrons. The molecule has 2 N–H and O–H groups in total. The molecule has 1 heterocycles. The fourth-order valence-corrected chi connectivity index (χ4v) is 5.60. The molecule has 4 aliphatic rings. The Hall–Kier alpha value is -2.78. The number of hydrogen-bond acceptors (Lipinski definition) is 5. The van der Waals surface area contributed by atoms with Crippen molar-refractivity contribution in [3.05, 3.63) is 58.4 Å². The maximum atomic E-state index is 13.5. The lowest BCUT2D eigenvalue weighted by atomic mass is 9.38. The fourth-order valence-electron chi connectivity index (χ4n) is 5.48. The summed E-state index contributed by atoms with van der Waals surface area (Å²) in [7, 11) is 0. The number of halogens is 4. The molecule has 2 aromatic rings. The summed E-state index contributed by atoms with van der Waals surface area (Å²) in [6, 6.07) is 5.64. The summed E-state index contributed by atoms with van der Waals surface area (Å²) in [4.78, 5) is 25.1. The average molecular weight is 496 g/mol. The van der Waals surface area contributed by atoms with Gasteiger partial charge in [0.15, 0.2) is 30.1 Å². The van der Waals surface area contributed by atoms with Crippen molar-refractivity contribution in [1.82, 2.24) is 5.32 Å². The van der Waals surface area contributed by atoms with Crippen LogP contribution in [-0.4, -0.2) is 35.0 Å². The molecule has 3 aliphatic carbocycles. The first-order valence-corrected chi connectivity index (χ1v) is 11.2. The number of benzene rings is 2. The van der Waals surface area contributed by atoms with Crippen molar-refractivity contribution >= 4 is 23.3 Å². The standard InChI is InChI=1S/C24H21ClF3NO5/c25-14-2-1-12(3-15(14)26)33-8-22(32)29-24-9-23(10-24,11-24)7-19(31)21-6-18(30)13-4-16(27)17(28)5-20(13)34-21/h1-5,18,21,30H,6-11H2,(H,29,32)/t18-,21-,23?,24?/m1/s1. The van der Waals surface area contributed by atoms with E-state index in [1.807, 2.05) is 0 Å². The summed E-state index contributed by atoms with van der Waals surface area (Å²) >= 11 is 5.62. The Labute approximate surface area is 198 Å². The second-order valence-electron chi connectivity index (χ2n) is 9.53. The molecule has 10 heteroatoms. The lowest BCUT2D eigenvalue weighted by Crippen LogP contribution is -2.75. The number of aliphatic hydroxyl groups is 1. The van der Waals surface area contributed by atoms with Crippen LogP contribution in [0, 0.1) is 22.9 Å². The zero-order valence-corrected chi connectivity index (χ0v) is 18.6. The van der Waals surface area contributed by atoms with Gasteiger partial charge in [0.25, 0.3) is 5.91 Å². The molecule has 0 aromatic heterocycles. The van der Waals surface area contributed by atoms with E-state index in [1.54, 1.807) is 0 Å². The predicted molar refractivity (Wildman–Crippen MR) is 114 cm³/mol. The number of ketones is 1. The zero-order valence-electron chi connectivity index (χ0n) is 17.9. The smallest absolute Gasteiger partial charge is 0.258 e. The van der Waals surface area contributed by atoms with Gasteiger partial charge in [-0.15, -0.1) is 0 Å². The van der Waals surface area contributed by atoms with Gasteiger partial charge >= 0.3 is 0 Å². The molecule has 3 saturated carbocycles. The van der Waals surface area contributed by atoms with Crippen LogP contribution >= 0.6 is 11.6 Å². The van der Waals surface area contributed by atoms with E-state index < -0.39 is 29.7 Å².